The Balaban J connectivity index is 1.94. The van der Waals surface area contributed by atoms with Gasteiger partial charge in [0.25, 0.3) is 5.91 Å². The Morgan fingerprint density at radius 2 is 1.90 bits per heavy atom. The number of fused-ring (bicyclic) bond motifs is 1. The van der Waals surface area contributed by atoms with Crippen LogP contribution in [0.5, 0.6) is 0 Å². The Hall–Kier alpha value is -2.01. The number of carboxylic acids is 1. The van der Waals surface area contributed by atoms with Crippen molar-refractivity contribution in [3.05, 3.63) is 48.0 Å². The highest BCUT2D eigenvalue weighted by Crippen LogP contribution is 2.24. The molecule has 1 saturated heterocycles. The third-order valence-corrected chi connectivity index (χ3v) is 4.44. The molecule has 1 atom stereocenters. The molecule has 1 amide bonds. The zero-order chi connectivity index (χ0) is 14.1. The molecule has 2 aromatic carbocycles. The van der Waals surface area contributed by atoms with Crippen molar-refractivity contribution in [3.8, 4) is 0 Å². The fourth-order valence-electron chi connectivity index (χ4n) is 2.34. The Bertz CT molecular complexity index is 686. The van der Waals surface area contributed by atoms with E-state index in [9.17, 15) is 9.59 Å². The number of carbonyl (C=O) groups excluding carboxylic acids is 1. The van der Waals surface area contributed by atoms with Gasteiger partial charge >= 0.3 is 5.97 Å². The molecule has 0 radical (unpaired) electrons. The van der Waals surface area contributed by atoms with Crippen LogP contribution < -0.4 is 0 Å². The molecule has 1 heterocycles. The van der Waals surface area contributed by atoms with E-state index in [1.165, 1.54) is 16.7 Å². The predicted molar refractivity (Wildman–Crippen MR) is 78.9 cm³/mol. The normalized spacial score (nSPS) is 18.4. The third kappa shape index (κ3) is 2.25. The smallest absolute Gasteiger partial charge is 0.327 e. The summed E-state index contributed by atoms with van der Waals surface area (Å²) in [5.41, 5.74) is 0.539. The molecule has 2 aromatic rings. The molecule has 20 heavy (non-hydrogen) atoms. The molecular weight excluding hydrogens is 274 g/mol. The van der Waals surface area contributed by atoms with Gasteiger partial charge in [0.15, 0.2) is 0 Å². The van der Waals surface area contributed by atoms with E-state index in [0.717, 1.165) is 10.8 Å². The zero-order valence-corrected chi connectivity index (χ0v) is 11.5. The van der Waals surface area contributed by atoms with Gasteiger partial charge < -0.3 is 10.0 Å². The fraction of sp³-hybridized carbons (Fsp3) is 0.200. The minimum atomic E-state index is -0.941. The molecule has 5 heteroatoms. The molecule has 1 unspecified atom stereocenters. The van der Waals surface area contributed by atoms with Crippen LogP contribution in [0.15, 0.2) is 42.5 Å². The van der Waals surface area contributed by atoms with Crippen molar-refractivity contribution in [1.82, 2.24) is 4.90 Å². The third-order valence-electron chi connectivity index (χ3n) is 3.42. The molecule has 0 aromatic heterocycles. The van der Waals surface area contributed by atoms with Crippen LogP contribution in [0, 0.1) is 0 Å². The summed E-state index contributed by atoms with van der Waals surface area (Å²) >= 11 is 1.47. The number of thioether (sulfide) groups is 1. The van der Waals surface area contributed by atoms with E-state index in [1.54, 1.807) is 6.07 Å². The van der Waals surface area contributed by atoms with E-state index in [-0.39, 0.29) is 5.91 Å². The topological polar surface area (TPSA) is 57.6 Å². The van der Waals surface area contributed by atoms with Crippen molar-refractivity contribution in [2.24, 2.45) is 0 Å². The van der Waals surface area contributed by atoms with Crippen LogP contribution in [0.3, 0.4) is 0 Å². The summed E-state index contributed by atoms with van der Waals surface area (Å²) in [5.74, 6) is -0.269. The quantitative estimate of drug-likeness (QED) is 0.921. The second kappa shape index (κ2) is 5.17. The first-order valence-corrected chi connectivity index (χ1v) is 7.42. The number of carbonyl (C=O) groups is 2. The number of amides is 1. The second-order valence-corrected chi connectivity index (χ2v) is 5.69. The molecule has 3 rings (SSSR count). The number of benzene rings is 2. The second-order valence-electron chi connectivity index (χ2n) is 4.69. The van der Waals surface area contributed by atoms with Gasteiger partial charge in [0.1, 0.15) is 6.04 Å². The van der Waals surface area contributed by atoms with E-state index < -0.39 is 12.0 Å². The van der Waals surface area contributed by atoms with Crippen LogP contribution in [0.2, 0.25) is 0 Å². The Morgan fingerprint density at radius 3 is 2.65 bits per heavy atom. The lowest BCUT2D eigenvalue weighted by molar-refractivity contribution is -0.140. The Morgan fingerprint density at radius 1 is 1.15 bits per heavy atom. The minimum Gasteiger partial charge on any atom is -0.480 e. The average molecular weight is 287 g/mol. The van der Waals surface area contributed by atoms with Gasteiger partial charge in [-0.1, -0.05) is 30.3 Å². The van der Waals surface area contributed by atoms with Gasteiger partial charge in [-0.3, -0.25) is 4.79 Å². The van der Waals surface area contributed by atoms with Gasteiger partial charge in [0, 0.05) is 11.3 Å². The molecule has 1 aliphatic rings. The lowest BCUT2D eigenvalue weighted by atomic mass is 10.1. The van der Waals surface area contributed by atoms with Crippen LogP contribution in [0.1, 0.15) is 10.4 Å². The number of carboxylic acid groups (broad SMARTS) is 1. The number of nitrogens with zero attached hydrogens (tertiary/aromatic N) is 1. The summed E-state index contributed by atoms with van der Waals surface area (Å²) < 4.78 is 0. The maximum atomic E-state index is 12.5. The number of rotatable bonds is 2. The highest BCUT2D eigenvalue weighted by atomic mass is 32.2. The van der Waals surface area contributed by atoms with Gasteiger partial charge in [0.05, 0.1) is 5.88 Å². The molecule has 0 bridgehead atoms. The van der Waals surface area contributed by atoms with Crippen molar-refractivity contribution < 1.29 is 14.7 Å². The van der Waals surface area contributed by atoms with Crippen molar-refractivity contribution in [2.75, 3.05) is 11.6 Å². The van der Waals surface area contributed by atoms with Crippen molar-refractivity contribution in [1.29, 1.82) is 0 Å². The lowest BCUT2D eigenvalue weighted by Crippen LogP contribution is -2.41. The number of hydrogen-bond donors (Lipinski definition) is 1. The van der Waals surface area contributed by atoms with Gasteiger partial charge in [0.2, 0.25) is 0 Å². The van der Waals surface area contributed by atoms with Gasteiger partial charge in [-0.05, 0) is 22.9 Å². The lowest BCUT2D eigenvalue weighted by Gasteiger charge is -2.20. The number of aliphatic carboxylic acids is 1. The standard InChI is InChI=1S/C15H13NO3S/c17-14(16-9-20-8-13(16)15(18)19)12-6-5-10-3-1-2-4-11(10)7-12/h1-7,13H,8-9H2,(H,18,19). The van der Waals surface area contributed by atoms with Crippen molar-refractivity contribution in [2.45, 2.75) is 6.04 Å². The summed E-state index contributed by atoms with van der Waals surface area (Å²) in [6, 6.07) is 12.5. The van der Waals surface area contributed by atoms with Crippen molar-refractivity contribution >= 4 is 34.4 Å². The molecule has 0 aliphatic carbocycles. The summed E-state index contributed by atoms with van der Waals surface area (Å²) in [6.07, 6.45) is 0. The molecule has 102 valence electrons. The molecule has 0 saturated carbocycles. The summed E-state index contributed by atoms with van der Waals surface area (Å²) in [5, 5.41) is 11.2. The first-order chi connectivity index (χ1) is 9.66. The predicted octanol–water partition coefficient (Wildman–Crippen LogP) is 2.44. The minimum absolute atomic E-state index is 0.215. The maximum Gasteiger partial charge on any atom is 0.327 e. The van der Waals surface area contributed by atoms with E-state index >= 15 is 0 Å². The van der Waals surface area contributed by atoms with E-state index in [4.69, 9.17) is 5.11 Å². The molecule has 4 nitrogen and oxygen atoms in total. The first-order valence-electron chi connectivity index (χ1n) is 6.27. The van der Waals surface area contributed by atoms with Crippen LogP contribution in [0.4, 0.5) is 0 Å². The fourth-order valence-corrected chi connectivity index (χ4v) is 3.48. The molecule has 0 spiro atoms. The van der Waals surface area contributed by atoms with Crippen LogP contribution in [-0.4, -0.2) is 39.6 Å². The summed E-state index contributed by atoms with van der Waals surface area (Å²) in [7, 11) is 0. The summed E-state index contributed by atoms with van der Waals surface area (Å²) in [4.78, 5) is 25.0. The Labute approximate surface area is 120 Å². The maximum absolute atomic E-state index is 12.5. The van der Waals surface area contributed by atoms with E-state index in [1.807, 2.05) is 36.4 Å². The Kier molecular flexibility index (Phi) is 3.36. The largest absolute Gasteiger partial charge is 0.480 e. The zero-order valence-electron chi connectivity index (χ0n) is 10.7. The SMILES string of the molecule is O=C(O)C1CSCN1C(=O)c1ccc2ccccc2c1. The molecular formula is C15H13NO3S. The van der Waals surface area contributed by atoms with Crippen molar-refractivity contribution in [3.63, 3.8) is 0 Å². The number of hydrogen-bond acceptors (Lipinski definition) is 3. The van der Waals surface area contributed by atoms with Crippen LogP contribution in [0.25, 0.3) is 10.8 Å². The monoisotopic (exact) mass is 287 g/mol. The van der Waals surface area contributed by atoms with E-state index in [0.29, 0.717) is 17.2 Å². The van der Waals surface area contributed by atoms with Gasteiger partial charge in [-0.2, -0.15) is 0 Å². The average Bonchev–Trinajstić information content (AvgIpc) is 2.95. The summed E-state index contributed by atoms with van der Waals surface area (Å²) in [6.45, 7) is 0. The van der Waals surface area contributed by atoms with Gasteiger partial charge in [-0.15, -0.1) is 11.8 Å². The first kappa shape index (κ1) is 13.0. The van der Waals surface area contributed by atoms with E-state index in [2.05, 4.69) is 0 Å². The van der Waals surface area contributed by atoms with Gasteiger partial charge in [-0.25, -0.2) is 4.79 Å². The van der Waals surface area contributed by atoms with Crippen LogP contribution >= 0.6 is 11.8 Å². The molecule has 1 N–H and O–H groups in total. The molecule has 1 aliphatic heterocycles. The highest BCUT2D eigenvalue weighted by Gasteiger charge is 2.34. The highest BCUT2D eigenvalue weighted by molar-refractivity contribution is 7.99. The molecule has 1 fully saturated rings. The van der Waals surface area contributed by atoms with Crippen LogP contribution in [-0.2, 0) is 4.79 Å².